The molecule has 0 amide bonds. The maximum absolute atomic E-state index is 12.1. The number of nitrogen functional groups attached to an aromatic ring is 1. The lowest BCUT2D eigenvalue weighted by molar-refractivity contribution is 0.469. The number of hydrogen-bond acceptors (Lipinski definition) is 4. The van der Waals surface area contributed by atoms with E-state index in [1.165, 1.54) is 10.4 Å². The van der Waals surface area contributed by atoms with Gasteiger partial charge in [-0.1, -0.05) is 19.1 Å². The Morgan fingerprint density at radius 3 is 2.56 bits per heavy atom. The topological polar surface area (TPSA) is 75.4 Å². The largest absolute Gasteiger partial charge is 0.323 e. The van der Waals surface area contributed by atoms with Gasteiger partial charge in [-0.25, -0.2) is 12.7 Å². The fraction of sp³-hybridized carbons (Fsp3) is 0.400. The van der Waals surface area contributed by atoms with Crippen molar-refractivity contribution < 1.29 is 8.42 Å². The van der Waals surface area contributed by atoms with Crippen molar-refractivity contribution in [1.82, 2.24) is 4.31 Å². The standard InChI is InChI=1S/C10H17N3O2S/c1-3-8-13(2)16(14,15)10-7-5-4-6-9(10)12-11/h4-7,12H,3,8,11H2,1-2H3. The molecule has 0 fully saturated rings. The van der Waals surface area contributed by atoms with Crippen LogP contribution in [-0.4, -0.2) is 26.3 Å². The van der Waals surface area contributed by atoms with Gasteiger partial charge in [0.2, 0.25) is 10.0 Å². The van der Waals surface area contributed by atoms with E-state index in [1.807, 2.05) is 6.92 Å². The highest BCUT2D eigenvalue weighted by Crippen LogP contribution is 2.22. The Balaban J connectivity index is 3.16. The number of nitrogens with two attached hydrogens (primary N) is 1. The second-order valence-electron chi connectivity index (χ2n) is 3.47. The zero-order valence-electron chi connectivity index (χ0n) is 9.47. The minimum atomic E-state index is -3.45. The van der Waals surface area contributed by atoms with Crippen LogP contribution in [0.1, 0.15) is 13.3 Å². The van der Waals surface area contributed by atoms with Gasteiger partial charge in [-0.05, 0) is 18.6 Å². The van der Waals surface area contributed by atoms with Gasteiger partial charge in [-0.2, -0.15) is 0 Å². The quantitative estimate of drug-likeness (QED) is 0.597. The Morgan fingerprint density at radius 2 is 2.00 bits per heavy atom. The van der Waals surface area contributed by atoms with Gasteiger partial charge in [-0.15, -0.1) is 0 Å². The molecule has 0 aromatic heterocycles. The molecule has 0 heterocycles. The average molecular weight is 243 g/mol. The van der Waals surface area contributed by atoms with Crippen LogP contribution in [0.25, 0.3) is 0 Å². The number of para-hydroxylation sites is 1. The molecule has 0 atom stereocenters. The second kappa shape index (κ2) is 5.29. The summed E-state index contributed by atoms with van der Waals surface area (Å²) in [7, 11) is -1.89. The highest BCUT2D eigenvalue weighted by Gasteiger charge is 2.22. The van der Waals surface area contributed by atoms with Crippen LogP contribution in [0.4, 0.5) is 5.69 Å². The van der Waals surface area contributed by atoms with Crippen molar-refractivity contribution >= 4 is 15.7 Å². The smallest absolute Gasteiger partial charge is 0.244 e. The van der Waals surface area contributed by atoms with Crippen LogP contribution in [-0.2, 0) is 10.0 Å². The lowest BCUT2D eigenvalue weighted by Crippen LogP contribution is -2.28. The third-order valence-electron chi connectivity index (χ3n) is 2.27. The molecule has 1 aromatic rings. The molecule has 6 heteroatoms. The van der Waals surface area contributed by atoms with Crippen molar-refractivity contribution in [1.29, 1.82) is 0 Å². The number of hydrogen-bond donors (Lipinski definition) is 2. The summed E-state index contributed by atoms with van der Waals surface area (Å²) < 4.78 is 25.6. The minimum Gasteiger partial charge on any atom is -0.323 e. The third kappa shape index (κ3) is 2.52. The highest BCUT2D eigenvalue weighted by atomic mass is 32.2. The molecule has 0 saturated carbocycles. The molecule has 0 spiro atoms. The van der Waals surface area contributed by atoms with Gasteiger partial charge in [0.1, 0.15) is 4.90 Å². The van der Waals surface area contributed by atoms with Gasteiger partial charge in [0, 0.05) is 13.6 Å². The fourth-order valence-corrected chi connectivity index (χ4v) is 2.83. The van der Waals surface area contributed by atoms with Gasteiger partial charge < -0.3 is 5.43 Å². The zero-order valence-corrected chi connectivity index (χ0v) is 10.3. The first-order valence-electron chi connectivity index (χ1n) is 5.06. The molecule has 0 aliphatic heterocycles. The van der Waals surface area contributed by atoms with Crippen molar-refractivity contribution in [3.8, 4) is 0 Å². The van der Waals surface area contributed by atoms with Crippen molar-refractivity contribution in [3.05, 3.63) is 24.3 Å². The van der Waals surface area contributed by atoms with Gasteiger partial charge in [0.15, 0.2) is 0 Å². The van der Waals surface area contributed by atoms with E-state index in [1.54, 1.807) is 25.2 Å². The van der Waals surface area contributed by atoms with Crippen LogP contribution in [0.3, 0.4) is 0 Å². The van der Waals surface area contributed by atoms with E-state index in [2.05, 4.69) is 5.43 Å². The first-order valence-corrected chi connectivity index (χ1v) is 6.50. The summed E-state index contributed by atoms with van der Waals surface area (Å²) in [6, 6.07) is 6.57. The molecule has 16 heavy (non-hydrogen) atoms. The van der Waals surface area contributed by atoms with E-state index in [9.17, 15) is 8.42 Å². The van der Waals surface area contributed by atoms with Crippen LogP contribution in [0.15, 0.2) is 29.2 Å². The minimum absolute atomic E-state index is 0.202. The molecular formula is C10H17N3O2S. The fourth-order valence-electron chi connectivity index (χ4n) is 1.41. The van der Waals surface area contributed by atoms with Gasteiger partial charge in [0.25, 0.3) is 0 Å². The number of nitrogens with one attached hydrogen (secondary N) is 1. The number of rotatable bonds is 5. The van der Waals surface area contributed by atoms with Crippen LogP contribution in [0, 0.1) is 0 Å². The van der Waals surface area contributed by atoms with Gasteiger partial charge in [-0.3, -0.25) is 5.84 Å². The highest BCUT2D eigenvalue weighted by molar-refractivity contribution is 7.89. The van der Waals surface area contributed by atoms with Crippen LogP contribution < -0.4 is 11.3 Å². The van der Waals surface area contributed by atoms with E-state index in [0.717, 1.165) is 6.42 Å². The van der Waals surface area contributed by atoms with Crippen molar-refractivity contribution in [3.63, 3.8) is 0 Å². The number of hydrazine groups is 1. The summed E-state index contributed by atoms with van der Waals surface area (Å²) in [6.07, 6.45) is 0.772. The molecule has 1 rings (SSSR count). The average Bonchev–Trinajstić information content (AvgIpc) is 2.29. The van der Waals surface area contributed by atoms with Crippen molar-refractivity contribution in [2.45, 2.75) is 18.2 Å². The van der Waals surface area contributed by atoms with Gasteiger partial charge in [0.05, 0.1) is 5.69 Å². The molecular weight excluding hydrogens is 226 g/mol. The number of sulfonamides is 1. The molecule has 5 nitrogen and oxygen atoms in total. The SMILES string of the molecule is CCCN(C)S(=O)(=O)c1ccccc1NN. The molecule has 0 bridgehead atoms. The van der Waals surface area contributed by atoms with E-state index < -0.39 is 10.0 Å². The van der Waals surface area contributed by atoms with Crippen molar-refractivity contribution in [2.24, 2.45) is 5.84 Å². The van der Waals surface area contributed by atoms with Crippen LogP contribution in [0.5, 0.6) is 0 Å². The maximum atomic E-state index is 12.1. The summed E-state index contributed by atoms with van der Waals surface area (Å²) in [6.45, 7) is 2.42. The third-order valence-corrected chi connectivity index (χ3v) is 4.18. The van der Waals surface area contributed by atoms with Gasteiger partial charge >= 0.3 is 0 Å². The Hall–Kier alpha value is -1.11. The summed E-state index contributed by atoms with van der Waals surface area (Å²) in [5, 5.41) is 0. The van der Waals surface area contributed by atoms with E-state index in [4.69, 9.17) is 5.84 Å². The molecule has 3 N–H and O–H groups in total. The number of benzene rings is 1. The molecule has 1 aromatic carbocycles. The maximum Gasteiger partial charge on any atom is 0.244 e. The lowest BCUT2D eigenvalue weighted by atomic mass is 10.3. The summed E-state index contributed by atoms with van der Waals surface area (Å²) in [5.74, 6) is 5.29. The predicted octanol–water partition coefficient (Wildman–Crippen LogP) is 1.00. The second-order valence-corrected chi connectivity index (χ2v) is 5.48. The number of anilines is 1. The molecule has 90 valence electrons. The first kappa shape index (κ1) is 13.0. The Morgan fingerprint density at radius 1 is 1.38 bits per heavy atom. The summed E-state index contributed by atoms with van der Waals surface area (Å²) in [5.41, 5.74) is 2.80. The Kier molecular flexibility index (Phi) is 4.28. The predicted molar refractivity (Wildman–Crippen MR) is 64.4 cm³/mol. The Bertz CT molecular complexity index is 445. The van der Waals surface area contributed by atoms with Crippen LogP contribution >= 0.6 is 0 Å². The normalized spacial score (nSPS) is 11.8. The Labute approximate surface area is 96.3 Å². The molecule has 0 saturated heterocycles. The molecule has 0 aliphatic carbocycles. The molecule has 0 aliphatic rings. The van der Waals surface area contributed by atoms with E-state index in [0.29, 0.717) is 12.2 Å². The first-order chi connectivity index (χ1) is 7.54. The molecule has 0 radical (unpaired) electrons. The van der Waals surface area contributed by atoms with Crippen molar-refractivity contribution in [2.75, 3.05) is 19.0 Å². The lowest BCUT2D eigenvalue weighted by Gasteiger charge is -2.18. The molecule has 0 unspecified atom stereocenters. The zero-order chi connectivity index (χ0) is 12.2. The number of nitrogens with zero attached hydrogens (tertiary/aromatic N) is 1. The van der Waals surface area contributed by atoms with Crippen LogP contribution in [0.2, 0.25) is 0 Å². The summed E-state index contributed by atoms with van der Waals surface area (Å²) >= 11 is 0. The summed E-state index contributed by atoms with van der Waals surface area (Å²) in [4.78, 5) is 0.202. The monoisotopic (exact) mass is 243 g/mol. The van der Waals surface area contributed by atoms with E-state index in [-0.39, 0.29) is 4.90 Å². The van der Waals surface area contributed by atoms with E-state index >= 15 is 0 Å².